The van der Waals surface area contributed by atoms with E-state index in [9.17, 15) is 0 Å². The number of aromatic nitrogens is 2. The van der Waals surface area contributed by atoms with Gasteiger partial charge in [0, 0.05) is 18.7 Å². The summed E-state index contributed by atoms with van der Waals surface area (Å²) in [5.41, 5.74) is 1.25. The Hall–Kier alpha value is -1.35. The number of allylic oxidation sites excluding steroid dienone is 4. The molecule has 0 spiro atoms. The second kappa shape index (κ2) is 9.62. The highest BCUT2D eigenvalue weighted by atomic mass is 15.1. The van der Waals surface area contributed by atoms with Gasteiger partial charge in [0.1, 0.15) is 5.82 Å². The van der Waals surface area contributed by atoms with E-state index >= 15 is 0 Å². The normalized spacial score (nSPS) is 17.0. The lowest BCUT2D eigenvalue weighted by atomic mass is 10.1. The summed E-state index contributed by atoms with van der Waals surface area (Å²) in [6, 6.07) is 0.646. The van der Waals surface area contributed by atoms with E-state index < -0.39 is 0 Å². The highest BCUT2D eigenvalue weighted by molar-refractivity contribution is 5.08. The molecule has 2 rings (SSSR count). The van der Waals surface area contributed by atoms with Crippen molar-refractivity contribution in [3.8, 4) is 0 Å². The summed E-state index contributed by atoms with van der Waals surface area (Å²) in [4.78, 5) is 4.85. The van der Waals surface area contributed by atoms with Crippen LogP contribution in [-0.2, 0) is 12.8 Å². The van der Waals surface area contributed by atoms with E-state index in [1.54, 1.807) is 0 Å². The molecule has 22 heavy (non-hydrogen) atoms. The van der Waals surface area contributed by atoms with Gasteiger partial charge in [-0.05, 0) is 51.6 Å². The smallest absolute Gasteiger partial charge is 0.108 e. The third kappa shape index (κ3) is 5.13. The largest absolute Gasteiger partial charge is 0.331 e. The molecule has 3 heteroatoms. The van der Waals surface area contributed by atoms with E-state index in [2.05, 4.69) is 54.2 Å². The van der Waals surface area contributed by atoms with Gasteiger partial charge in [0.15, 0.2) is 0 Å². The molecule has 0 radical (unpaired) electrons. The molecule has 0 atom stereocenters. The van der Waals surface area contributed by atoms with E-state index in [0.29, 0.717) is 6.04 Å². The van der Waals surface area contributed by atoms with Gasteiger partial charge in [-0.3, -0.25) is 0 Å². The lowest BCUT2D eigenvalue weighted by Gasteiger charge is -2.25. The van der Waals surface area contributed by atoms with Gasteiger partial charge in [-0.1, -0.05) is 38.2 Å². The summed E-state index contributed by atoms with van der Waals surface area (Å²) >= 11 is 0. The Bertz CT molecular complexity index is 479. The minimum atomic E-state index is 0.646. The van der Waals surface area contributed by atoms with Crippen molar-refractivity contribution in [3.05, 3.63) is 42.0 Å². The van der Waals surface area contributed by atoms with Crippen molar-refractivity contribution in [1.82, 2.24) is 14.9 Å². The van der Waals surface area contributed by atoms with E-state index in [1.807, 2.05) is 0 Å². The molecule has 1 aliphatic heterocycles. The van der Waals surface area contributed by atoms with Crippen molar-refractivity contribution in [2.75, 3.05) is 13.1 Å². The Balaban J connectivity index is 1.86. The van der Waals surface area contributed by atoms with Gasteiger partial charge >= 0.3 is 0 Å². The fraction of sp³-hybridized carbons (Fsp3) is 0.632. The first kappa shape index (κ1) is 17.0. The molecule has 0 saturated carbocycles. The van der Waals surface area contributed by atoms with E-state index in [4.69, 9.17) is 4.98 Å². The molecule has 0 bridgehead atoms. The molecule has 0 amide bonds. The SMILES string of the molecule is CC/C=C\C/C=C\CCc1cn(C2CCNCC2)c(CC)n1. The molecule has 2 heterocycles. The number of nitrogens with one attached hydrogen (secondary N) is 1. The quantitative estimate of drug-likeness (QED) is 0.729. The zero-order valence-corrected chi connectivity index (χ0v) is 14.2. The molecule has 0 aliphatic carbocycles. The molecule has 1 saturated heterocycles. The second-order valence-electron chi connectivity index (χ2n) is 6.02. The van der Waals surface area contributed by atoms with Crippen molar-refractivity contribution in [1.29, 1.82) is 0 Å². The Morgan fingerprint density at radius 3 is 2.68 bits per heavy atom. The van der Waals surface area contributed by atoms with Crippen LogP contribution in [0.2, 0.25) is 0 Å². The van der Waals surface area contributed by atoms with Crippen LogP contribution >= 0.6 is 0 Å². The van der Waals surface area contributed by atoms with Gasteiger partial charge in [0.2, 0.25) is 0 Å². The van der Waals surface area contributed by atoms with Crippen LogP contribution in [-0.4, -0.2) is 22.6 Å². The van der Waals surface area contributed by atoms with E-state index in [1.165, 1.54) is 24.4 Å². The topological polar surface area (TPSA) is 29.9 Å². The molecule has 1 aliphatic rings. The van der Waals surface area contributed by atoms with Crippen molar-refractivity contribution >= 4 is 0 Å². The molecular formula is C19H31N3. The number of nitrogens with zero attached hydrogens (tertiary/aromatic N) is 2. The number of piperidine rings is 1. The maximum absolute atomic E-state index is 4.85. The zero-order chi connectivity index (χ0) is 15.6. The molecular weight excluding hydrogens is 270 g/mol. The van der Waals surface area contributed by atoms with Crippen molar-refractivity contribution in [2.45, 2.75) is 64.8 Å². The van der Waals surface area contributed by atoms with Gasteiger partial charge in [-0.25, -0.2) is 4.98 Å². The highest BCUT2D eigenvalue weighted by Crippen LogP contribution is 2.22. The number of hydrogen-bond acceptors (Lipinski definition) is 2. The molecule has 3 nitrogen and oxygen atoms in total. The van der Waals surface area contributed by atoms with Crippen LogP contribution in [0.3, 0.4) is 0 Å². The first-order valence-electron chi connectivity index (χ1n) is 8.92. The molecule has 1 aromatic rings. The summed E-state index contributed by atoms with van der Waals surface area (Å²) in [6.07, 6.45) is 19.1. The van der Waals surface area contributed by atoms with Crippen LogP contribution in [0, 0.1) is 0 Å². The number of imidazole rings is 1. The van der Waals surface area contributed by atoms with E-state index in [-0.39, 0.29) is 0 Å². The maximum Gasteiger partial charge on any atom is 0.108 e. The fourth-order valence-electron chi connectivity index (χ4n) is 3.06. The van der Waals surface area contributed by atoms with Crippen LogP contribution in [0.5, 0.6) is 0 Å². The molecule has 122 valence electrons. The highest BCUT2D eigenvalue weighted by Gasteiger charge is 2.18. The molecule has 0 aromatic carbocycles. The number of aryl methyl sites for hydroxylation is 2. The third-order valence-corrected chi connectivity index (χ3v) is 4.29. The minimum absolute atomic E-state index is 0.646. The Morgan fingerprint density at radius 2 is 1.95 bits per heavy atom. The average molecular weight is 301 g/mol. The summed E-state index contributed by atoms with van der Waals surface area (Å²) in [5, 5.41) is 3.44. The van der Waals surface area contributed by atoms with Gasteiger partial charge in [-0.15, -0.1) is 0 Å². The Labute approximate surface area is 135 Å². The van der Waals surface area contributed by atoms with Crippen LogP contribution in [0.4, 0.5) is 0 Å². The van der Waals surface area contributed by atoms with Gasteiger partial charge in [0.25, 0.3) is 0 Å². The zero-order valence-electron chi connectivity index (χ0n) is 14.2. The van der Waals surface area contributed by atoms with Crippen LogP contribution in [0.15, 0.2) is 30.5 Å². The summed E-state index contributed by atoms with van der Waals surface area (Å²) in [7, 11) is 0. The summed E-state index contributed by atoms with van der Waals surface area (Å²) in [5.74, 6) is 1.26. The monoisotopic (exact) mass is 301 g/mol. The van der Waals surface area contributed by atoms with Crippen LogP contribution in [0.1, 0.15) is 63.5 Å². The summed E-state index contributed by atoms with van der Waals surface area (Å²) in [6.45, 7) is 6.65. The first-order valence-corrected chi connectivity index (χ1v) is 8.92. The van der Waals surface area contributed by atoms with Crippen LogP contribution in [0.25, 0.3) is 0 Å². The number of rotatable bonds is 8. The number of hydrogen-bond donors (Lipinski definition) is 1. The molecule has 1 aromatic heterocycles. The van der Waals surface area contributed by atoms with Gasteiger partial charge in [0.05, 0.1) is 5.69 Å². The van der Waals surface area contributed by atoms with Crippen molar-refractivity contribution < 1.29 is 0 Å². The van der Waals surface area contributed by atoms with Crippen molar-refractivity contribution in [2.24, 2.45) is 0 Å². The van der Waals surface area contributed by atoms with Crippen LogP contribution < -0.4 is 5.32 Å². The molecule has 0 unspecified atom stereocenters. The second-order valence-corrected chi connectivity index (χ2v) is 6.02. The lowest BCUT2D eigenvalue weighted by molar-refractivity contribution is 0.360. The standard InChI is InChI=1S/C19H31N3/c1-3-5-6-7-8-9-10-11-17-16-22(19(4-2)21-17)18-12-14-20-15-13-18/h5-6,8-9,16,18,20H,3-4,7,10-15H2,1-2H3/b6-5-,9-8-. The predicted molar refractivity (Wildman–Crippen MR) is 94.3 cm³/mol. The minimum Gasteiger partial charge on any atom is -0.331 e. The maximum atomic E-state index is 4.85. The Morgan fingerprint density at radius 1 is 1.18 bits per heavy atom. The predicted octanol–water partition coefficient (Wildman–Crippen LogP) is 4.22. The lowest BCUT2D eigenvalue weighted by Crippen LogP contribution is -2.29. The molecule has 1 fully saturated rings. The summed E-state index contributed by atoms with van der Waals surface area (Å²) < 4.78 is 2.45. The van der Waals surface area contributed by atoms with Crippen molar-refractivity contribution in [3.63, 3.8) is 0 Å². The molecule has 1 N–H and O–H groups in total. The van der Waals surface area contributed by atoms with E-state index in [0.717, 1.165) is 45.2 Å². The van der Waals surface area contributed by atoms with Gasteiger partial charge < -0.3 is 9.88 Å². The first-order chi connectivity index (χ1) is 10.8. The fourth-order valence-corrected chi connectivity index (χ4v) is 3.06. The third-order valence-electron chi connectivity index (χ3n) is 4.29. The van der Waals surface area contributed by atoms with Gasteiger partial charge in [-0.2, -0.15) is 0 Å². The average Bonchev–Trinajstić information content (AvgIpc) is 2.98. The Kier molecular flexibility index (Phi) is 7.44.